The van der Waals surface area contributed by atoms with Crippen LogP contribution in [0.3, 0.4) is 0 Å². The molecule has 5 rings (SSSR count). The minimum atomic E-state index is 0.0740. The molecule has 1 heterocycles. The van der Waals surface area contributed by atoms with Crippen LogP contribution >= 0.6 is 0 Å². The second-order valence-electron chi connectivity index (χ2n) is 7.27. The lowest BCUT2D eigenvalue weighted by Crippen LogP contribution is -2.56. The Labute approximate surface area is 120 Å². The van der Waals surface area contributed by atoms with E-state index in [1.807, 2.05) is 24.9 Å². The van der Waals surface area contributed by atoms with Gasteiger partial charge in [0.05, 0.1) is 6.26 Å². The maximum atomic E-state index is 12.7. The van der Waals surface area contributed by atoms with Crippen molar-refractivity contribution < 1.29 is 9.21 Å². The van der Waals surface area contributed by atoms with Gasteiger partial charge in [-0.2, -0.15) is 0 Å². The van der Waals surface area contributed by atoms with E-state index >= 15 is 0 Å². The third-order valence-electron chi connectivity index (χ3n) is 6.00. The molecule has 4 aliphatic rings. The van der Waals surface area contributed by atoms with Gasteiger partial charge in [-0.3, -0.25) is 4.79 Å². The Kier molecular flexibility index (Phi) is 2.73. The Hall–Kier alpha value is -1.25. The van der Waals surface area contributed by atoms with E-state index in [0.717, 1.165) is 29.2 Å². The lowest BCUT2D eigenvalue weighted by molar-refractivity contribution is -0.0497. The molecule has 0 aromatic carbocycles. The van der Waals surface area contributed by atoms with Crippen molar-refractivity contribution in [3.05, 3.63) is 23.7 Å². The predicted octanol–water partition coefficient (Wildman–Crippen LogP) is 3.48. The lowest BCUT2D eigenvalue weighted by atomic mass is 9.54. The molecule has 20 heavy (non-hydrogen) atoms. The van der Waals surface area contributed by atoms with Crippen molar-refractivity contribution >= 4 is 5.91 Å². The second-order valence-corrected chi connectivity index (χ2v) is 7.27. The molecule has 0 aliphatic heterocycles. The van der Waals surface area contributed by atoms with Crippen molar-refractivity contribution in [3.63, 3.8) is 0 Å². The summed E-state index contributed by atoms with van der Waals surface area (Å²) in [5, 5.41) is 0. The fourth-order valence-electron chi connectivity index (χ4n) is 5.42. The molecular weight excluding hydrogens is 250 g/mol. The Morgan fingerprint density at radius 2 is 1.75 bits per heavy atom. The van der Waals surface area contributed by atoms with Crippen molar-refractivity contribution in [1.82, 2.24) is 4.90 Å². The van der Waals surface area contributed by atoms with Crippen molar-refractivity contribution in [2.24, 2.45) is 23.7 Å². The van der Waals surface area contributed by atoms with Crippen LogP contribution in [-0.4, -0.2) is 23.9 Å². The molecule has 3 nitrogen and oxygen atoms in total. The number of carbonyl (C=O) groups excluding carboxylic acids is 1. The fourth-order valence-corrected chi connectivity index (χ4v) is 5.42. The van der Waals surface area contributed by atoms with Crippen molar-refractivity contribution in [3.8, 4) is 0 Å². The molecule has 4 saturated carbocycles. The number of hydrogen-bond donors (Lipinski definition) is 0. The first-order valence-electron chi connectivity index (χ1n) is 7.94. The molecule has 1 aromatic rings. The van der Waals surface area contributed by atoms with Crippen LogP contribution in [0.15, 0.2) is 16.7 Å². The molecule has 0 radical (unpaired) electrons. The Bertz CT molecular complexity index is 505. The average molecular weight is 273 g/mol. The highest BCUT2D eigenvalue weighted by molar-refractivity contribution is 5.92. The van der Waals surface area contributed by atoms with E-state index in [4.69, 9.17) is 4.42 Å². The summed E-state index contributed by atoms with van der Waals surface area (Å²) in [6.45, 7) is 1.95. The van der Waals surface area contributed by atoms with E-state index in [1.54, 1.807) is 6.26 Å². The maximum Gasteiger partial charge on any atom is 0.289 e. The summed E-state index contributed by atoms with van der Waals surface area (Å²) in [5.74, 6) is 3.96. The molecule has 4 bridgehead atoms. The SMILES string of the molecule is Cc1ccoc1C(=O)N(C)C1C2CC3CC(C2)CC1C3. The largest absolute Gasteiger partial charge is 0.459 e. The van der Waals surface area contributed by atoms with Crippen LogP contribution in [0.5, 0.6) is 0 Å². The molecule has 1 amide bonds. The standard InChI is InChI=1S/C17H23NO2/c1-10-3-4-20-16(10)17(19)18(2)15-13-6-11-5-12(8-13)9-14(15)7-11/h3-4,11-15H,5-9H2,1-2H3. The van der Waals surface area contributed by atoms with Gasteiger partial charge in [-0.25, -0.2) is 0 Å². The number of amides is 1. The molecule has 0 atom stereocenters. The monoisotopic (exact) mass is 273 g/mol. The first kappa shape index (κ1) is 12.5. The van der Waals surface area contributed by atoms with Gasteiger partial charge in [0, 0.05) is 18.7 Å². The summed E-state index contributed by atoms with van der Waals surface area (Å²) in [5.41, 5.74) is 0.950. The van der Waals surface area contributed by atoms with Gasteiger partial charge < -0.3 is 9.32 Å². The molecule has 0 N–H and O–H groups in total. The fraction of sp³-hybridized carbons (Fsp3) is 0.706. The van der Waals surface area contributed by atoms with Gasteiger partial charge in [-0.05, 0) is 68.8 Å². The van der Waals surface area contributed by atoms with Crippen LogP contribution in [0.1, 0.15) is 48.2 Å². The van der Waals surface area contributed by atoms with Gasteiger partial charge in [0.25, 0.3) is 5.91 Å². The zero-order valence-corrected chi connectivity index (χ0v) is 12.3. The number of hydrogen-bond acceptors (Lipinski definition) is 2. The minimum Gasteiger partial charge on any atom is -0.459 e. The van der Waals surface area contributed by atoms with Crippen molar-refractivity contribution in [1.29, 1.82) is 0 Å². The van der Waals surface area contributed by atoms with E-state index in [0.29, 0.717) is 11.8 Å². The normalized spacial score (nSPS) is 38.2. The quantitative estimate of drug-likeness (QED) is 0.826. The zero-order valence-electron chi connectivity index (χ0n) is 12.3. The van der Waals surface area contributed by atoms with E-state index in [-0.39, 0.29) is 5.91 Å². The van der Waals surface area contributed by atoms with Crippen molar-refractivity contribution in [2.45, 2.75) is 45.1 Å². The first-order chi connectivity index (χ1) is 9.63. The van der Waals surface area contributed by atoms with Gasteiger partial charge in [-0.1, -0.05) is 0 Å². The number of nitrogens with zero attached hydrogens (tertiary/aromatic N) is 1. The van der Waals surface area contributed by atoms with Crippen LogP contribution in [-0.2, 0) is 0 Å². The summed E-state index contributed by atoms with van der Waals surface area (Å²) >= 11 is 0. The van der Waals surface area contributed by atoms with Gasteiger partial charge in [0.2, 0.25) is 0 Å². The van der Waals surface area contributed by atoms with E-state index < -0.39 is 0 Å². The Morgan fingerprint density at radius 3 is 2.25 bits per heavy atom. The number of furan rings is 1. The first-order valence-corrected chi connectivity index (χ1v) is 7.94. The molecule has 0 unspecified atom stereocenters. The molecule has 0 saturated heterocycles. The molecule has 3 heteroatoms. The molecule has 0 spiro atoms. The van der Waals surface area contributed by atoms with E-state index in [1.165, 1.54) is 32.1 Å². The van der Waals surface area contributed by atoms with Gasteiger partial charge >= 0.3 is 0 Å². The van der Waals surface area contributed by atoms with Gasteiger partial charge in [0.1, 0.15) is 0 Å². The van der Waals surface area contributed by atoms with Crippen LogP contribution in [0.25, 0.3) is 0 Å². The highest BCUT2D eigenvalue weighted by Gasteiger charge is 2.50. The number of aryl methyl sites for hydroxylation is 1. The molecular formula is C17H23NO2. The van der Waals surface area contributed by atoms with Crippen LogP contribution in [0.4, 0.5) is 0 Å². The van der Waals surface area contributed by atoms with Gasteiger partial charge in [-0.15, -0.1) is 0 Å². The zero-order chi connectivity index (χ0) is 13.9. The van der Waals surface area contributed by atoms with E-state index in [9.17, 15) is 4.79 Å². The third-order valence-corrected chi connectivity index (χ3v) is 6.00. The topological polar surface area (TPSA) is 33.5 Å². The average Bonchev–Trinajstić information content (AvgIpc) is 2.82. The maximum absolute atomic E-state index is 12.7. The molecule has 108 valence electrons. The summed E-state index contributed by atoms with van der Waals surface area (Å²) < 4.78 is 5.40. The summed E-state index contributed by atoms with van der Waals surface area (Å²) in [6, 6.07) is 2.32. The second kappa shape index (κ2) is 4.37. The highest BCUT2D eigenvalue weighted by atomic mass is 16.3. The van der Waals surface area contributed by atoms with Crippen molar-refractivity contribution in [2.75, 3.05) is 7.05 Å². The number of rotatable bonds is 2. The van der Waals surface area contributed by atoms with Crippen LogP contribution in [0, 0.1) is 30.6 Å². The Balaban J connectivity index is 1.58. The Morgan fingerprint density at radius 1 is 1.15 bits per heavy atom. The summed E-state index contributed by atoms with van der Waals surface area (Å²) in [6.07, 6.45) is 8.43. The summed E-state index contributed by atoms with van der Waals surface area (Å²) in [4.78, 5) is 14.7. The van der Waals surface area contributed by atoms with Gasteiger partial charge in [0.15, 0.2) is 5.76 Å². The summed E-state index contributed by atoms with van der Waals surface area (Å²) in [7, 11) is 1.98. The molecule has 4 fully saturated rings. The third kappa shape index (κ3) is 1.75. The predicted molar refractivity (Wildman–Crippen MR) is 76.4 cm³/mol. The highest BCUT2D eigenvalue weighted by Crippen LogP contribution is 2.55. The van der Waals surface area contributed by atoms with Crippen LogP contribution < -0.4 is 0 Å². The molecule has 1 aromatic heterocycles. The van der Waals surface area contributed by atoms with E-state index in [2.05, 4.69) is 0 Å². The molecule has 4 aliphatic carbocycles. The lowest BCUT2D eigenvalue weighted by Gasteiger charge is -2.56. The number of carbonyl (C=O) groups is 1. The van der Waals surface area contributed by atoms with Crippen LogP contribution in [0.2, 0.25) is 0 Å². The minimum absolute atomic E-state index is 0.0740. The smallest absolute Gasteiger partial charge is 0.289 e.